The maximum absolute atomic E-state index is 13.1. The summed E-state index contributed by atoms with van der Waals surface area (Å²) >= 11 is 7.59. The third-order valence-electron chi connectivity index (χ3n) is 5.63. The van der Waals surface area contributed by atoms with Crippen molar-refractivity contribution in [3.63, 3.8) is 0 Å². The summed E-state index contributed by atoms with van der Waals surface area (Å²) in [5.41, 5.74) is 1.07. The molecule has 2 aromatic rings. The van der Waals surface area contributed by atoms with Crippen LogP contribution in [0.4, 0.5) is 0 Å². The van der Waals surface area contributed by atoms with Gasteiger partial charge in [0, 0.05) is 31.0 Å². The fourth-order valence-corrected chi connectivity index (χ4v) is 5.69. The summed E-state index contributed by atoms with van der Waals surface area (Å²) < 4.78 is 13.2. The van der Waals surface area contributed by atoms with Crippen LogP contribution in [0.3, 0.4) is 0 Å². The molecule has 9 heteroatoms. The van der Waals surface area contributed by atoms with Crippen LogP contribution in [0.15, 0.2) is 29.4 Å². The number of nitrogens with zero attached hydrogens (tertiary/aromatic N) is 4. The average Bonchev–Trinajstić information content (AvgIpc) is 3.37. The van der Waals surface area contributed by atoms with Crippen molar-refractivity contribution in [3.05, 3.63) is 40.7 Å². The second kappa shape index (κ2) is 7.11. The molecule has 0 radical (unpaired) electrons. The van der Waals surface area contributed by atoms with E-state index in [0.717, 1.165) is 31.5 Å². The van der Waals surface area contributed by atoms with Crippen molar-refractivity contribution in [3.8, 4) is 0 Å². The minimum atomic E-state index is -0.445. The molecule has 7 nitrogen and oxygen atoms in total. The maximum atomic E-state index is 13.1. The highest BCUT2D eigenvalue weighted by atomic mass is 35.5. The van der Waals surface area contributed by atoms with Gasteiger partial charge in [0.05, 0.1) is 19.3 Å². The standard InChI is InChI=1S/C19H21ClN4O3S/c1-12-21-18-24(22-12)17(25)16(28-18)15(13-2-4-14(20)5-3-13)23-8-6-19(7-9-23)26-10-11-27-19/h2-5,15-16H,6-11H2,1H3. The molecule has 4 heterocycles. The van der Waals surface area contributed by atoms with Crippen LogP contribution < -0.4 is 0 Å². The predicted molar refractivity (Wildman–Crippen MR) is 105 cm³/mol. The van der Waals surface area contributed by atoms with Gasteiger partial charge in [0.2, 0.25) is 0 Å². The van der Waals surface area contributed by atoms with E-state index in [1.807, 2.05) is 24.3 Å². The number of piperidine rings is 1. The van der Waals surface area contributed by atoms with Crippen LogP contribution in [0.1, 0.15) is 35.1 Å². The Bertz CT molecular complexity index is 887. The minimum absolute atomic E-state index is 0.0193. The van der Waals surface area contributed by atoms with E-state index >= 15 is 0 Å². The third-order valence-corrected chi connectivity index (χ3v) is 7.07. The van der Waals surface area contributed by atoms with Crippen LogP contribution in [0.25, 0.3) is 0 Å². The maximum Gasteiger partial charge on any atom is 0.264 e. The molecule has 148 valence electrons. The summed E-state index contributed by atoms with van der Waals surface area (Å²) in [4.78, 5) is 19.9. The lowest BCUT2D eigenvalue weighted by Gasteiger charge is -2.42. The van der Waals surface area contributed by atoms with E-state index in [4.69, 9.17) is 21.1 Å². The highest BCUT2D eigenvalue weighted by Crippen LogP contribution is 2.43. The van der Waals surface area contributed by atoms with Gasteiger partial charge >= 0.3 is 0 Å². The topological polar surface area (TPSA) is 69.5 Å². The fraction of sp³-hybridized carbons (Fsp3) is 0.526. The molecule has 0 bridgehead atoms. The first-order chi connectivity index (χ1) is 13.5. The van der Waals surface area contributed by atoms with Gasteiger partial charge in [-0.15, -0.1) is 5.10 Å². The Morgan fingerprint density at radius 2 is 1.89 bits per heavy atom. The lowest BCUT2D eigenvalue weighted by molar-refractivity contribution is -0.187. The van der Waals surface area contributed by atoms with Gasteiger partial charge in [0.15, 0.2) is 10.9 Å². The van der Waals surface area contributed by atoms with Crippen molar-refractivity contribution in [2.45, 2.75) is 42.0 Å². The molecule has 2 fully saturated rings. The predicted octanol–water partition coefficient (Wildman–Crippen LogP) is 2.93. The molecule has 0 N–H and O–H groups in total. The molecular weight excluding hydrogens is 400 g/mol. The monoisotopic (exact) mass is 420 g/mol. The van der Waals surface area contributed by atoms with Crippen LogP contribution >= 0.6 is 23.4 Å². The summed E-state index contributed by atoms with van der Waals surface area (Å²) in [7, 11) is 0. The summed E-state index contributed by atoms with van der Waals surface area (Å²) in [5.74, 6) is 0.154. The van der Waals surface area contributed by atoms with E-state index in [2.05, 4.69) is 15.0 Å². The number of halogens is 1. The molecule has 3 aliphatic heterocycles. The molecule has 2 unspecified atom stereocenters. The molecule has 1 aromatic heterocycles. The van der Waals surface area contributed by atoms with Gasteiger partial charge < -0.3 is 9.47 Å². The average molecular weight is 421 g/mol. The van der Waals surface area contributed by atoms with Gasteiger partial charge in [-0.2, -0.15) is 4.68 Å². The summed E-state index contributed by atoms with van der Waals surface area (Å²) in [6.07, 6.45) is 1.59. The molecule has 3 aliphatic rings. The zero-order valence-corrected chi connectivity index (χ0v) is 17.1. The molecule has 1 spiro atoms. The fourth-order valence-electron chi connectivity index (χ4n) is 4.27. The van der Waals surface area contributed by atoms with Gasteiger partial charge in [-0.25, -0.2) is 4.98 Å². The molecule has 5 rings (SSSR count). The first-order valence-corrected chi connectivity index (χ1v) is 10.7. The first-order valence-electron chi connectivity index (χ1n) is 9.47. The number of carbonyl (C=O) groups is 1. The van der Waals surface area contributed by atoms with E-state index in [1.54, 1.807) is 6.92 Å². The number of ether oxygens (including phenoxy) is 2. The number of likely N-dealkylation sites (tertiary alicyclic amines) is 1. The van der Waals surface area contributed by atoms with Crippen LogP contribution in [0.2, 0.25) is 5.02 Å². The highest BCUT2D eigenvalue weighted by molar-refractivity contribution is 8.00. The summed E-state index contributed by atoms with van der Waals surface area (Å²) in [6.45, 7) is 4.71. The molecule has 2 atom stereocenters. The molecule has 0 amide bonds. The van der Waals surface area contributed by atoms with Crippen LogP contribution in [0, 0.1) is 6.92 Å². The van der Waals surface area contributed by atoms with Crippen molar-refractivity contribution in [2.24, 2.45) is 0 Å². The van der Waals surface area contributed by atoms with Gasteiger partial charge in [-0.05, 0) is 24.6 Å². The van der Waals surface area contributed by atoms with Gasteiger partial charge in [-0.3, -0.25) is 9.69 Å². The van der Waals surface area contributed by atoms with Gasteiger partial charge in [0.25, 0.3) is 5.91 Å². The molecule has 0 aliphatic carbocycles. The second-order valence-electron chi connectivity index (χ2n) is 7.37. The Hall–Kier alpha value is -1.45. The number of aromatic nitrogens is 3. The number of hydrogen-bond donors (Lipinski definition) is 0. The van der Waals surface area contributed by atoms with Gasteiger partial charge in [-0.1, -0.05) is 35.5 Å². The van der Waals surface area contributed by atoms with E-state index in [1.165, 1.54) is 16.4 Å². The molecule has 1 aromatic carbocycles. The minimum Gasteiger partial charge on any atom is -0.347 e. The van der Waals surface area contributed by atoms with Crippen LogP contribution in [0.5, 0.6) is 0 Å². The number of aryl methyl sites for hydroxylation is 1. The molecule has 2 saturated heterocycles. The lowest BCUT2D eigenvalue weighted by Crippen LogP contribution is -2.49. The highest BCUT2D eigenvalue weighted by Gasteiger charge is 2.46. The SMILES string of the molecule is Cc1nc2n(n1)C(=O)C(C(c1ccc(Cl)cc1)N1CCC3(CC1)OCCO3)S2. The normalized spacial score (nSPS) is 25.4. The second-order valence-corrected chi connectivity index (χ2v) is 8.92. The number of carbonyl (C=O) groups excluding carboxylic acids is 1. The van der Waals surface area contributed by atoms with Crippen molar-refractivity contribution >= 4 is 29.3 Å². The zero-order chi connectivity index (χ0) is 19.3. The Labute approximate surface area is 172 Å². The van der Waals surface area contributed by atoms with Crippen molar-refractivity contribution in [1.29, 1.82) is 0 Å². The van der Waals surface area contributed by atoms with Crippen LogP contribution in [-0.2, 0) is 9.47 Å². The quantitative estimate of drug-likeness (QED) is 0.756. The van der Waals surface area contributed by atoms with E-state index in [-0.39, 0.29) is 17.2 Å². The molecular formula is C19H21ClN4O3S. The largest absolute Gasteiger partial charge is 0.347 e. The number of hydrogen-bond acceptors (Lipinski definition) is 7. The molecule has 28 heavy (non-hydrogen) atoms. The number of fused-ring (bicyclic) bond motifs is 1. The zero-order valence-electron chi connectivity index (χ0n) is 15.5. The number of benzene rings is 1. The Morgan fingerprint density at radius 3 is 2.54 bits per heavy atom. The van der Waals surface area contributed by atoms with Gasteiger partial charge in [0.1, 0.15) is 11.1 Å². The van der Waals surface area contributed by atoms with Crippen LogP contribution in [-0.4, -0.2) is 62.9 Å². The lowest BCUT2D eigenvalue weighted by atomic mass is 9.96. The Morgan fingerprint density at radius 1 is 1.21 bits per heavy atom. The van der Waals surface area contributed by atoms with E-state index in [9.17, 15) is 4.79 Å². The van der Waals surface area contributed by atoms with Crippen molar-refractivity contribution in [2.75, 3.05) is 26.3 Å². The first kappa shape index (κ1) is 18.6. The Balaban J connectivity index is 1.44. The number of rotatable bonds is 3. The summed E-state index contributed by atoms with van der Waals surface area (Å²) in [5, 5.41) is 5.33. The smallest absolute Gasteiger partial charge is 0.264 e. The molecule has 0 saturated carbocycles. The van der Waals surface area contributed by atoms with Crippen molar-refractivity contribution in [1.82, 2.24) is 19.7 Å². The van der Waals surface area contributed by atoms with E-state index in [0.29, 0.717) is 29.2 Å². The van der Waals surface area contributed by atoms with Crippen molar-refractivity contribution < 1.29 is 14.3 Å². The number of thioether (sulfide) groups is 1. The third kappa shape index (κ3) is 3.17. The summed E-state index contributed by atoms with van der Waals surface area (Å²) in [6, 6.07) is 7.69. The Kier molecular flexibility index (Phi) is 4.71. The van der Waals surface area contributed by atoms with E-state index < -0.39 is 5.79 Å².